The lowest BCUT2D eigenvalue weighted by Gasteiger charge is -2.39. The Bertz CT molecular complexity index is 1490. The molecule has 1 aliphatic rings. The number of pyridine rings is 1. The van der Waals surface area contributed by atoms with Gasteiger partial charge >= 0.3 is 12.6 Å². The van der Waals surface area contributed by atoms with Crippen molar-refractivity contribution in [2.45, 2.75) is 55.3 Å². The number of aromatic nitrogens is 3. The van der Waals surface area contributed by atoms with Gasteiger partial charge in [0.05, 0.1) is 11.3 Å². The van der Waals surface area contributed by atoms with E-state index in [2.05, 4.69) is 19.8 Å². The van der Waals surface area contributed by atoms with E-state index in [1.54, 1.807) is 20.2 Å². The second-order valence-electron chi connectivity index (χ2n) is 9.68. The number of rotatable bonds is 9. The first-order chi connectivity index (χ1) is 19.3. The number of hydrogen-bond donors (Lipinski definition) is 0. The summed E-state index contributed by atoms with van der Waals surface area (Å²) >= 11 is 0. The first kappa shape index (κ1) is 30.1. The molecule has 0 unspecified atom stereocenters. The van der Waals surface area contributed by atoms with Crippen LogP contribution in [0.5, 0.6) is 5.88 Å². The fourth-order valence-electron chi connectivity index (χ4n) is 4.85. The minimum atomic E-state index is -4.65. The standard InChI is InChI=1S/C26H27F4N5O5S/c1-16-23(41(37,38)35(39-15-36)24-9-10-31-14-32-24)13-20(27)25(33-16)40-22-8-7-18(12-21(22)34(2)3)17-5-4-6-19(11-17)26(28,29)30/h4-6,9-11,13-15,18,21-22H,7-8,12H2,1-3H3/t18-,21-,22-/m0/s1. The maximum absolute atomic E-state index is 15.3. The molecule has 0 bridgehead atoms. The van der Waals surface area contributed by atoms with Crippen molar-refractivity contribution in [1.82, 2.24) is 19.9 Å². The molecule has 1 aromatic carbocycles. The largest absolute Gasteiger partial charge is 0.471 e. The summed E-state index contributed by atoms with van der Waals surface area (Å²) in [5.74, 6) is -1.97. The lowest BCUT2D eigenvalue weighted by molar-refractivity contribution is -0.137. The smallest absolute Gasteiger partial charge is 0.416 e. The molecule has 0 aliphatic heterocycles. The molecule has 10 nitrogen and oxygen atoms in total. The summed E-state index contributed by atoms with van der Waals surface area (Å²) < 4.78 is 87.7. The van der Waals surface area contributed by atoms with Crippen molar-refractivity contribution in [1.29, 1.82) is 0 Å². The number of carbonyl (C=O) groups is 1. The number of nitrogens with zero attached hydrogens (tertiary/aromatic N) is 5. The molecule has 3 atom stereocenters. The molecule has 4 rings (SSSR count). The number of ether oxygens (including phenoxy) is 1. The molecule has 220 valence electrons. The van der Waals surface area contributed by atoms with Crippen molar-refractivity contribution < 1.29 is 40.3 Å². The zero-order valence-corrected chi connectivity index (χ0v) is 23.1. The number of halogens is 4. The average Bonchev–Trinajstić information content (AvgIpc) is 2.93. The molecule has 0 amide bonds. The number of anilines is 1. The summed E-state index contributed by atoms with van der Waals surface area (Å²) in [5.41, 5.74) is -0.289. The van der Waals surface area contributed by atoms with E-state index in [1.165, 1.54) is 25.3 Å². The highest BCUT2D eigenvalue weighted by atomic mass is 32.2. The van der Waals surface area contributed by atoms with Crippen molar-refractivity contribution in [3.8, 4) is 5.88 Å². The maximum Gasteiger partial charge on any atom is 0.416 e. The van der Waals surface area contributed by atoms with Crippen LogP contribution in [0.4, 0.5) is 23.4 Å². The first-order valence-electron chi connectivity index (χ1n) is 12.4. The van der Waals surface area contributed by atoms with Gasteiger partial charge in [-0.25, -0.2) is 19.3 Å². The Kier molecular flexibility index (Phi) is 8.77. The van der Waals surface area contributed by atoms with E-state index < -0.39 is 44.5 Å². The summed E-state index contributed by atoms with van der Waals surface area (Å²) in [6, 6.07) is 6.82. The molecule has 0 saturated heterocycles. The normalized spacial score (nSPS) is 19.6. The van der Waals surface area contributed by atoms with Crippen LogP contribution in [-0.2, 0) is 25.8 Å². The summed E-state index contributed by atoms with van der Waals surface area (Å²) in [5, 5.41) is 0. The molecule has 3 aromatic rings. The zero-order chi connectivity index (χ0) is 29.9. The highest BCUT2D eigenvalue weighted by Crippen LogP contribution is 2.39. The lowest BCUT2D eigenvalue weighted by Crippen LogP contribution is -2.46. The van der Waals surface area contributed by atoms with Gasteiger partial charge in [0.2, 0.25) is 0 Å². The second-order valence-corrected chi connectivity index (χ2v) is 11.4. The van der Waals surface area contributed by atoms with Gasteiger partial charge in [0.1, 0.15) is 17.3 Å². The van der Waals surface area contributed by atoms with E-state index in [9.17, 15) is 26.4 Å². The van der Waals surface area contributed by atoms with Crippen molar-refractivity contribution >= 4 is 22.3 Å². The SMILES string of the molecule is Cc1nc(O[C@H]2CC[C@H](c3cccc(C(F)(F)F)c3)C[C@@H]2N(C)C)c(F)cc1S(=O)(=O)N(OC=O)c1ccncn1. The summed E-state index contributed by atoms with van der Waals surface area (Å²) in [6.07, 6.45) is -1.44. The van der Waals surface area contributed by atoms with Gasteiger partial charge < -0.3 is 14.5 Å². The van der Waals surface area contributed by atoms with Crippen molar-refractivity contribution in [2.24, 2.45) is 0 Å². The van der Waals surface area contributed by atoms with Crippen LogP contribution >= 0.6 is 0 Å². The van der Waals surface area contributed by atoms with E-state index in [0.717, 1.165) is 18.5 Å². The Labute approximate surface area is 233 Å². The quantitative estimate of drug-likeness (QED) is 0.203. The van der Waals surface area contributed by atoms with Gasteiger partial charge in [0.25, 0.3) is 15.9 Å². The van der Waals surface area contributed by atoms with Crippen LogP contribution in [0.3, 0.4) is 0 Å². The Balaban J connectivity index is 1.57. The molecule has 41 heavy (non-hydrogen) atoms. The number of sulfonamides is 1. The predicted octanol–water partition coefficient (Wildman–Crippen LogP) is 4.27. The topological polar surface area (TPSA) is 115 Å². The van der Waals surface area contributed by atoms with E-state index in [1.807, 2.05) is 4.90 Å². The Hall–Kier alpha value is -3.85. The maximum atomic E-state index is 15.3. The van der Waals surface area contributed by atoms with E-state index in [4.69, 9.17) is 4.74 Å². The van der Waals surface area contributed by atoms with Gasteiger partial charge in [-0.2, -0.15) is 21.6 Å². The number of carbonyl (C=O) groups excluding carboxylic acids is 1. The Morgan fingerprint density at radius 1 is 1.12 bits per heavy atom. The van der Waals surface area contributed by atoms with Crippen LogP contribution in [0.1, 0.15) is 42.0 Å². The number of benzene rings is 1. The average molecular weight is 598 g/mol. The summed E-state index contributed by atoms with van der Waals surface area (Å²) in [4.78, 5) is 28.4. The van der Waals surface area contributed by atoms with E-state index in [-0.39, 0.29) is 34.4 Å². The Morgan fingerprint density at radius 2 is 1.88 bits per heavy atom. The molecule has 2 heterocycles. The van der Waals surface area contributed by atoms with Gasteiger partial charge in [0, 0.05) is 24.4 Å². The number of aryl methyl sites for hydroxylation is 1. The fourth-order valence-corrected chi connectivity index (χ4v) is 6.21. The van der Waals surface area contributed by atoms with Gasteiger partial charge in [-0.05, 0) is 57.8 Å². The summed E-state index contributed by atoms with van der Waals surface area (Å²) in [6.45, 7) is 1.21. The monoisotopic (exact) mass is 597 g/mol. The van der Waals surface area contributed by atoms with Crippen LogP contribution in [0.2, 0.25) is 0 Å². The molecular weight excluding hydrogens is 570 g/mol. The molecule has 15 heteroatoms. The van der Waals surface area contributed by atoms with Crippen LogP contribution in [0.25, 0.3) is 0 Å². The van der Waals surface area contributed by atoms with Crippen molar-refractivity contribution in [3.63, 3.8) is 0 Å². The fraction of sp³-hybridized carbons (Fsp3) is 0.385. The molecule has 0 spiro atoms. The van der Waals surface area contributed by atoms with Crippen LogP contribution in [0, 0.1) is 12.7 Å². The van der Waals surface area contributed by atoms with E-state index in [0.29, 0.717) is 30.9 Å². The summed E-state index contributed by atoms with van der Waals surface area (Å²) in [7, 11) is -1.08. The lowest BCUT2D eigenvalue weighted by atomic mass is 9.79. The third-order valence-electron chi connectivity index (χ3n) is 6.84. The molecule has 1 saturated carbocycles. The van der Waals surface area contributed by atoms with Crippen LogP contribution in [-0.4, -0.2) is 61.0 Å². The highest BCUT2D eigenvalue weighted by Gasteiger charge is 2.37. The first-order valence-corrected chi connectivity index (χ1v) is 13.9. The van der Waals surface area contributed by atoms with Crippen LogP contribution < -0.4 is 9.21 Å². The minimum absolute atomic E-state index is 0.118. The van der Waals surface area contributed by atoms with E-state index >= 15 is 4.39 Å². The molecule has 0 N–H and O–H groups in total. The van der Waals surface area contributed by atoms with Gasteiger partial charge in [-0.1, -0.05) is 22.7 Å². The Morgan fingerprint density at radius 3 is 2.51 bits per heavy atom. The van der Waals surface area contributed by atoms with Gasteiger partial charge in [0.15, 0.2) is 11.6 Å². The third-order valence-corrected chi connectivity index (χ3v) is 8.52. The molecule has 0 radical (unpaired) electrons. The van der Waals surface area contributed by atoms with Gasteiger partial charge in [-0.3, -0.25) is 4.79 Å². The molecular formula is C26H27F4N5O5S. The van der Waals surface area contributed by atoms with Crippen molar-refractivity contribution in [2.75, 3.05) is 18.6 Å². The third kappa shape index (κ3) is 6.56. The minimum Gasteiger partial charge on any atom is -0.471 e. The predicted molar refractivity (Wildman–Crippen MR) is 138 cm³/mol. The zero-order valence-electron chi connectivity index (χ0n) is 22.2. The van der Waals surface area contributed by atoms with Gasteiger partial charge in [-0.15, -0.1) is 0 Å². The van der Waals surface area contributed by atoms with Crippen molar-refractivity contribution in [3.05, 3.63) is 71.6 Å². The number of hydrogen-bond acceptors (Lipinski definition) is 9. The molecule has 1 aliphatic carbocycles. The second kappa shape index (κ2) is 11.9. The number of likely N-dealkylation sites (N-methyl/N-ethyl adjacent to an activating group) is 1. The molecule has 2 aromatic heterocycles. The molecule has 1 fully saturated rings. The van der Waals surface area contributed by atoms with Crippen LogP contribution in [0.15, 0.2) is 53.8 Å². The highest BCUT2D eigenvalue weighted by molar-refractivity contribution is 7.92. The number of alkyl halides is 3.